The van der Waals surface area contributed by atoms with Gasteiger partial charge in [0.25, 0.3) is 0 Å². The SMILES string of the molecule is Cc1cc(Br)ccc1Oc1cccc(CNC(C)C)c1. The van der Waals surface area contributed by atoms with Gasteiger partial charge in [-0.05, 0) is 48.4 Å². The van der Waals surface area contributed by atoms with Crippen molar-refractivity contribution < 1.29 is 4.74 Å². The van der Waals surface area contributed by atoms with E-state index in [4.69, 9.17) is 4.74 Å². The first-order valence-electron chi connectivity index (χ1n) is 6.81. The largest absolute Gasteiger partial charge is 0.457 e. The second-order valence-corrected chi connectivity index (χ2v) is 6.11. The highest BCUT2D eigenvalue weighted by Crippen LogP contribution is 2.27. The van der Waals surface area contributed by atoms with E-state index in [1.165, 1.54) is 5.56 Å². The van der Waals surface area contributed by atoms with Crippen LogP contribution in [0.4, 0.5) is 0 Å². The summed E-state index contributed by atoms with van der Waals surface area (Å²) in [6, 6.07) is 14.7. The lowest BCUT2D eigenvalue weighted by Gasteiger charge is -2.12. The molecule has 106 valence electrons. The molecule has 0 unspecified atom stereocenters. The summed E-state index contributed by atoms with van der Waals surface area (Å²) < 4.78 is 7.03. The van der Waals surface area contributed by atoms with Gasteiger partial charge >= 0.3 is 0 Å². The highest BCUT2D eigenvalue weighted by molar-refractivity contribution is 9.10. The Kier molecular flexibility index (Phi) is 5.21. The first-order valence-corrected chi connectivity index (χ1v) is 7.60. The number of rotatable bonds is 5. The summed E-state index contributed by atoms with van der Waals surface area (Å²) in [5.74, 6) is 1.76. The zero-order chi connectivity index (χ0) is 14.5. The summed E-state index contributed by atoms with van der Waals surface area (Å²) in [6.45, 7) is 7.19. The van der Waals surface area contributed by atoms with Crippen molar-refractivity contribution in [2.75, 3.05) is 0 Å². The molecule has 2 aromatic rings. The number of hydrogen-bond donors (Lipinski definition) is 1. The second kappa shape index (κ2) is 6.91. The molecule has 0 spiro atoms. The Balaban J connectivity index is 2.11. The van der Waals surface area contributed by atoms with Gasteiger partial charge in [0.15, 0.2) is 0 Å². The van der Waals surface area contributed by atoms with Crippen LogP contribution >= 0.6 is 15.9 Å². The van der Waals surface area contributed by atoms with E-state index in [0.29, 0.717) is 6.04 Å². The van der Waals surface area contributed by atoms with Crippen LogP contribution in [0, 0.1) is 6.92 Å². The molecule has 0 saturated heterocycles. The lowest BCUT2D eigenvalue weighted by Crippen LogP contribution is -2.21. The van der Waals surface area contributed by atoms with E-state index in [1.807, 2.05) is 31.2 Å². The minimum Gasteiger partial charge on any atom is -0.457 e. The Labute approximate surface area is 129 Å². The van der Waals surface area contributed by atoms with Gasteiger partial charge in [0.05, 0.1) is 0 Å². The highest BCUT2D eigenvalue weighted by atomic mass is 79.9. The Bertz CT molecular complexity index is 581. The normalized spacial score (nSPS) is 10.8. The third-order valence-electron chi connectivity index (χ3n) is 2.98. The maximum atomic E-state index is 5.96. The first kappa shape index (κ1) is 15.1. The van der Waals surface area contributed by atoms with Crippen LogP contribution in [0.2, 0.25) is 0 Å². The van der Waals surface area contributed by atoms with Crippen LogP contribution in [-0.2, 0) is 6.54 Å². The molecule has 1 N–H and O–H groups in total. The van der Waals surface area contributed by atoms with Crippen LogP contribution in [-0.4, -0.2) is 6.04 Å². The van der Waals surface area contributed by atoms with Gasteiger partial charge in [0.2, 0.25) is 0 Å². The lowest BCUT2D eigenvalue weighted by molar-refractivity contribution is 0.477. The molecule has 0 aliphatic rings. The molecule has 2 nitrogen and oxygen atoms in total. The number of ether oxygens (including phenoxy) is 1. The molecule has 0 aliphatic heterocycles. The Morgan fingerprint density at radius 3 is 2.65 bits per heavy atom. The van der Waals surface area contributed by atoms with Crippen molar-refractivity contribution in [1.82, 2.24) is 5.32 Å². The summed E-state index contributed by atoms with van der Waals surface area (Å²) in [5, 5.41) is 3.41. The van der Waals surface area contributed by atoms with Gasteiger partial charge in [0.1, 0.15) is 11.5 Å². The summed E-state index contributed by atoms with van der Waals surface area (Å²) in [4.78, 5) is 0. The maximum Gasteiger partial charge on any atom is 0.130 e. The average Bonchev–Trinajstić information content (AvgIpc) is 2.40. The molecule has 0 radical (unpaired) electrons. The van der Waals surface area contributed by atoms with Crippen LogP contribution < -0.4 is 10.1 Å². The molecular formula is C17H20BrNO. The van der Waals surface area contributed by atoms with Gasteiger partial charge in [0, 0.05) is 17.1 Å². The van der Waals surface area contributed by atoms with Crippen molar-refractivity contribution in [2.45, 2.75) is 33.4 Å². The van der Waals surface area contributed by atoms with E-state index in [-0.39, 0.29) is 0 Å². The third-order valence-corrected chi connectivity index (χ3v) is 3.47. The quantitative estimate of drug-likeness (QED) is 0.826. The molecule has 0 bridgehead atoms. The molecule has 0 heterocycles. The van der Waals surface area contributed by atoms with Crippen molar-refractivity contribution in [3.8, 4) is 11.5 Å². The van der Waals surface area contributed by atoms with Gasteiger partial charge < -0.3 is 10.1 Å². The molecule has 0 fully saturated rings. The molecule has 3 heteroatoms. The molecule has 0 saturated carbocycles. The maximum absolute atomic E-state index is 5.96. The highest BCUT2D eigenvalue weighted by Gasteiger charge is 2.03. The first-order chi connectivity index (χ1) is 9.54. The number of benzene rings is 2. The van der Waals surface area contributed by atoms with Crippen molar-refractivity contribution in [3.05, 3.63) is 58.1 Å². The van der Waals surface area contributed by atoms with Gasteiger partial charge in [-0.1, -0.05) is 41.9 Å². The van der Waals surface area contributed by atoms with Crippen LogP contribution in [0.5, 0.6) is 11.5 Å². The Morgan fingerprint density at radius 2 is 1.95 bits per heavy atom. The molecule has 0 aromatic heterocycles. The molecule has 20 heavy (non-hydrogen) atoms. The number of halogens is 1. The number of aryl methyl sites for hydroxylation is 1. The smallest absolute Gasteiger partial charge is 0.130 e. The molecular weight excluding hydrogens is 314 g/mol. The monoisotopic (exact) mass is 333 g/mol. The molecule has 0 aliphatic carbocycles. The van der Waals surface area contributed by atoms with Crippen molar-refractivity contribution >= 4 is 15.9 Å². The van der Waals surface area contributed by atoms with Crippen LogP contribution in [0.1, 0.15) is 25.0 Å². The minimum absolute atomic E-state index is 0.480. The van der Waals surface area contributed by atoms with E-state index in [2.05, 4.69) is 53.3 Å². The molecule has 2 aromatic carbocycles. The third kappa shape index (κ3) is 4.36. The van der Waals surface area contributed by atoms with Crippen LogP contribution in [0.25, 0.3) is 0 Å². The molecule has 0 amide bonds. The molecule has 2 rings (SSSR count). The van der Waals surface area contributed by atoms with E-state index in [9.17, 15) is 0 Å². The summed E-state index contributed by atoms with van der Waals surface area (Å²) in [7, 11) is 0. The fraction of sp³-hybridized carbons (Fsp3) is 0.294. The van der Waals surface area contributed by atoms with Gasteiger partial charge in [-0.15, -0.1) is 0 Å². The van der Waals surface area contributed by atoms with Gasteiger partial charge in [-0.25, -0.2) is 0 Å². The van der Waals surface area contributed by atoms with Crippen molar-refractivity contribution in [2.24, 2.45) is 0 Å². The summed E-state index contributed by atoms with van der Waals surface area (Å²) in [6.07, 6.45) is 0. The summed E-state index contributed by atoms with van der Waals surface area (Å²) in [5.41, 5.74) is 2.34. The summed E-state index contributed by atoms with van der Waals surface area (Å²) >= 11 is 3.46. The fourth-order valence-corrected chi connectivity index (χ4v) is 2.37. The minimum atomic E-state index is 0.480. The van der Waals surface area contributed by atoms with E-state index >= 15 is 0 Å². The van der Waals surface area contributed by atoms with E-state index in [1.54, 1.807) is 0 Å². The average molecular weight is 334 g/mol. The number of nitrogens with one attached hydrogen (secondary N) is 1. The Hall–Kier alpha value is -1.32. The van der Waals surface area contributed by atoms with E-state index in [0.717, 1.165) is 28.1 Å². The predicted octanol–water partition coefficient (Wildman–Crippen LogP) is 5.05. The van der Waals surface area contributed by atoms with Gasteiger partial charge in [-0.3, -0.25) is 0 Å². The predicted molar refractivity (Wildman–Crippen MR) is 87.4 cm³/mol. The van der Waals surface area contributed by atoms with Gasteiger partial charge in [-0.2, -0.15) is 0 Å². The standard InChI is InChI=1S/C17H20BrNO/c1-12(2)19-11-14-5-4-6-16(10-14)20-17-8-7-15(18)9-13(17)3/h4-10,12,19H,11H2,1-3H3. The topological polar surface area (TPSA) is 21.3 Å². The molecule has 0 atom stereocenters. The zero-order valence-corrected chi connectivity index (χ0v) is 13.7. The van der Waals surface area contributed by atoms with E-state index < -0.39 is 0 Å². The zero-order valence-electron chi connectivity index (χ0n) is 12.1. The van der Waals surface area contributed by atoms with Crippen molar-refractivity contribution in [1.29, 1.82) is 0 Å². The fourth-order valence-electron chi connectivity index (χ4n) is 1.90. The number of hydrogen-bond acceptors (Lipinski definition) is 2. The second-order valence-electron chi connectivity index (χ2n) is 5.19. The van der Waals surface area contributed by atoms with Crippen LogP contribution in [0.15, 0.2) is 46.9 Å². The van der Waals surface area contributed by atoms with Crippen molar-refractivity contribution in [3.63, 3.8) is 0 Å². The lowest BCUT2D eigenvalue weighted by atomic mass is 10.2. The Morgan fingerprint density at radius 1 is 1.15 bits per heavy atom. The van der Waals surface area contributed by atoms with Crippen LogP contribution in [0.3, 0.4) is 0 Å².